The van der Waals surface area contributed by atoms with Crippen LogP contribution >= 0.6 is 0 Å². The first-order chi connectivity index (χ1) is 9.42. The molecule has 1 saturated heterocycles. The summed E-state index contributed by atoms with van der Waals surface area (Å²) in [5.41, 5.74) is 1.10. The third-order valence-corrected chi connectivity index (χ3v) is 3.46. The van der Waals surface area contributed by atoms with Gasteiger partial charge >= 0.3 is 0 Å². The average molecular weight is 254 g/mol. The first-order valence-electron chi connectivity index (χ1n) is 6.71. The molecule has 1 aliphatic rings. The number of aromatic nitrogens is 2. The summed E-state index contributed by atoms with van der Waals surface area (Å²) in [5, 5.41) is 3.57. The van der Waals surface area contributed by atoms with Gasteiger partial charge in [0.25, 0.3) is 0 Å². The molecule has 0 radical (unpaired) electrons. The molecule has 1 atom stereocenters. The van der Waals surface area contributed by atoms with Crippen molar-refractivity contribution in [2.24, 2.45) is 0 Å². The molecule has 4 nitrogen and oxygen atoms in total. The molecule has 0 aliphatic carbocycles. The van der Waals surface area contributed by atoms with E-state index in [1.807, 2.05) is 36.7 Å². The molecule has 0 saturated carbocycles. The van der Waals surface area contributed by atoms with Crippen LogP contribution < -0.4 is 10.2 Å². The fourth-order valence-electron chi connectivity index (χ4n) is 2.43. The summed E-state index contributed by atoms with van der Waals surface area (Å²) in [7, 11) is 0. The highest BCUT2D eigenvalue weighted by Crippen LogP contribution is 2.17. The Bertz CT molecular complexity index is 500. The number of hydrogen-bond donors (Lipinski definition) is 1. The van der Waals surface area contributed by atoms with E-state index >= 15 is 0 Å². The van der Waals surface area contributed by atoms with Gasteiger partial charge in [-0.15, -0.1) is 0 Å². The Morgan fingerprint density at radius 3 is 2.68 bits per heavy atom. The number of nitrogens with zero attached hydrogens (tertiary/aromatic N) is 3. The summed E-state index contributed by atoms with van der Waals surface area (Å²) >= 11 is 0. The van der Waals surface area contributed by atoms with Crippen LogP contribution in [0.2, 0.25) is 0 Å². The van der Waals surface area contributed by atoms with E-state index in [1.54, 1.807) is 0 Å². The third-order valence-electron chi connectivity index (χ3n) is 3.46. The van der Waals surface area contributed by atoms with Gasteiger partial charge in [-0.25, -0.2) is 4.98 Å². The van der Waals surface area contributed by atoms with Crippen LogP contribution in [0.3, 0.4) is 0 Å². The fourth-order valence-corrected chi connectivity index (χ4v) is 2.43. The van der Waals surface area contributed by atoms with E-state index in [0.717, 1.165) is 37.6 Å². The molecule has 3 rings (SSSR count). The molecule has 0 amide bonds. The van der Waals surface area contributed by atoms with Crippen LogP contribution in [0, 0.1) is 0 Å². The van der Waals surface area contributed by atoms with E-state index in [1.165, 1.54) is 0 Å². The Morgan fingerprint density at radius 1 is 1.11 bits per heavy atom. The third kappa shape index (κ3) is 3.09. The van der Waals surface area contributed by atoms with E-state index in [4.69, 9.17) is 0 Å². The Balaban J connectivity index is 1.52. The molecule has 0 bridgehead atoms. The Kier molecular flexibility index (Phi) is 3.70. The summed E-state index contributed by atoms with van der Waals surface area (Å²) in [5.74, 6) is 1.07. The van der Waals surface area contributed by atoms with Gasteiger partial charge in [0.1, 0.15) is 5.82 Å². The SMILES string of the molecule is c1ccc(CN[C@@H]2CCN(c3ccccn3)C2)nc1. The second-order valence-electron chi connectivity index (χ2n) is 4.82. The van der Waals surface area contributed by atoms with Gasteiger partial charge in [-0.1, -0.05) is 12.1 Å². The average Bonchev–Trinajstić information content (AvgIpc) is 2.96. The summed E-state index contributed by atoms with van der Waals surface area (Å²) in [6, 6.07) is 12.6. The summed E-state index contributed by atoms with van der Waals surface area (Å²) in [4.78, 5) is 11.1. The van der Waals surface area contributed by atoms with Crippen molar-refractivity contribution in [1.29, 1.82) is 0 Å². The van der Waals surface area contributed by atoms with Crippen LogP contribution in [-0.2, 0) is 6.54 Å². The van der Waals surface area contributed by atoms with Gasteiger partial charge in [0, 0.05) is 38.1 Å². The van der Waals surface area contributed by atoms with Crippen molar-refractivity contribution in [1.82, 2.24) is 15.3 Å². The van der Waals surface area contributed by atoms with Crippen molar-refractivity contribution in [3.8, 4) is 0 Å². The van der Waals surface area contributed by atoms with Crippen molar-refractivity contribution in [2.75, 3.05) is 18.0 Å². The summed E-state index contributed by atoms with van der Waals surface area (Å²) < 4.78 is 0. The molecule has 4 heteroatoms. The number of rotatable bonds is 4. The van der Waals surface area contributed by atoms with Crippen LogP contribution in [0.5, 0.6) is 0 Å². The monoisotopic (exact) mass is 254 g/mol. The molecule has 1 aliphatic heterocycles. The first kappa shape index (κ1) is 12.1. The van der Waals surface area contributed by atoms with E-state index in [-0.39, 0.29) is 0 Å². The molecular formula is C15H18N4. The Labute approximate surface area is 113 Å². The zero-order valence-corrected chi connectivity index (χ0v) is 10.9. The van der Waals surface area contributed by atoms with Gasteiger partial charge in [-0.05, 0) is 30.7 Å². The van der Waals surface area contributed by atoms with Gasteiger partial charge in [0.15, 0.2) is 0 Å². The fraction of sp³-hybridized carbons (Fsp3) is 0.333. The lowest BCUT2D eigenvalue weighted by molar-refractivity contribution is 0.545. The molecule has 98 valence electrons. The lowest BCUT2D eigenvalue weighted by Crippen LogP contribution is -2.32. The number of pyridine rings is 2. The molecule has 19 heavy (non-hydrogen) atoms. The van der Waals surface area contributed by atoms with Crippen molar-refractivity contribution < 1.29 is 0 Å². The normalized spacial score (nSPS) is 18.7. The number of hydrogen-bond acceptors (Lipinski definition) is 4. The van der Waals surface area contributed by atoms with E-state index in [9.17, 15) is 0 Å². The number of anilines is 1. The zero-order valence-electron chi connectivity index (χ0n) is 10.9. The smallest absolute Gasteiger partial charge is 0.128 e. The molecule has 3 heterocycles. The quantitative estimate of drug-likeness (QED) is 0.904. The Hall–Kier alpha value is -1.94. The molecule has 0 unspecified atom stereocenters. The largest absolute Gasteiger partial charge is 0.355 e. The summed E-state index contributed by atoms with van der Waals surface area (Å²) in [6.07, 6.45) is 4.85. The highest BCUT2D eigenvalue weighted by molar-refractivity contribution is 5.39. The molecular weight excluding hydrogens is 236 g/mol. The lowest BCUT2D eigenvalue weighted by atomic mass is 10.2. The number of nitrogens with one attached hydrogen (secondary N) is 1. The minimum atomic E-state index is 0.518. The van der Waals surface area contributed by atoms with E-state index < -0.39 is 0 Å². The second-order valence-corrected chi connectivity index (χ2v) is 4.82. The topological polar surface area (TPSA) is 41.0 Å². The van der Waals surface area contributed by atoms with Crippen LogP contribution in [0.15, 0.2) is 48.8 Å². The van der Waals surface area contributed by atoms with Crippen LogP contribution in [-0.4, -0.2) is 29.1 Å². The van der Waals surface area contributed by atoms with Crippen LogP contribution in [0.25, 0.3) is 0 Å². The maximum Gasteiger partial charge on any atom is 0.128 e. The van der Waals surface area contributed by atoms with Gasteiger partial charge in [-0.2, -0.15) is 0 Å². The van der Waals surface area contributed by atoms with Crippen molar-refractivity contribution in [3.05, 3.63) is 54.5 Å². The van der Waals surface area contributed by atoms with Crippen molar-refractivity contribution in [2.45, 2.75) is 19.0 Å². The lowest BCUT2D eigenvalue weighted by Gasteiger charge is -2.17. The molecule has 0 spiro atoms. The van der Waals surface area contributed by atoms with Crippen molar-refractivity contribution >= 4 is 5.82 Å². The molecule has 0 aromatic carbocycles. The first-order valence-corrected chi connectivity index (χ1v) is 6.71. The van der Waals surface area contributed by atoms with Crippen molar-refractivity contribution in [3.63, 3.8) is 0 Å². The predicted molar refractivity (Wildman–Crippen MR) is 75.9 cm³/mol. The minimum Gasteiger partial charge on any atom is -0.355 e. The van der Waals surface area contributed by atoms with Gasteiger partial charge in [0.2, 0.25) is 0 Å². The van der Waals surface area contributed by atoms with Gasteiger partial charge in [-0.3, -0.25) is 4.98 Å². The highest BCUT2D eigenvalue weighted by Gasteiger charge is 2.22. The van der Waals surface area contributed by atoms with E-state index in [2.05, 4.69) is 32.3 Å². The molecule has 2 aromatic heterocycles. The second kappa shape index (κ2) is 5.80. The zero-order chi connectivity index (χ0) is 12.9. The maximum absolute atomic E-state index is 4.40. The maximum atomic E-state index is 4.40. The van der Waals surface area contributed by atoms with Gasteiger partial charge < -0.3 is 10.2 Å². The molecule has 1 N–H and O–H groups in total. The standard InChI is InChI=1S/C15H18N4/c1-3-8-16-13(5-1)11-18-14-7-10-19(12-14)15-6-2-4-9-17-15/h1-6,8-9,14,18H,7,10-12H2/t14-/m1/s1. The highest BCUT2D eigenvalue weighted by atomic mass is 15.2. The predicted octanol–water partition coefficient (Wildman–Crippen LogP) is 1.85. The minimum absolute atomic E-state index is 0.518. The van der Waals surface area contributed by atoms with Crippen LogP contribution in [0.1, 0.15) is 12.1 Å². The molecule has 2 aromatic rings. The Morgan fingerprint density at radius 2 is 1.95 bits per heavy atom. The van der Waals surface area contributed by atoms with Gasteiger partial charge in [0.05, 0.1) is 5.69 Å². The summed E-state index contributed by atoms with van der Waals surface area (Å²) in [6.45, 7) is 2.92. The van der Waals surface area contributed by atoms with Crippen LogP contribution in [0.4, 0.5) is 5.82 Å². The molecule has 1 fully saturated rings. The van der Waals surface area contributed by atoms with E-state index in [0.29, 0.717) is 6.04 Å².